The van der Waals surface area contributed by atoms with Gasteiger partial charge in [0.2, 0.25) is 5.96 Å². The van der Waals surface area contributed by atoms with Crippen LogP contribution in [0, 0.1) is 5.92 Å². The van der Waals surface area contributed by atoms with E-state index >= 15 is 0 Å². The number of hydrogen-bond acceptors (Lipinski definition) is 2. The average molecular weight is 226 g/mol. The molecule has 4 heteroatoms. The van der Waals surface area contributed by atoms with Gasteiger partial charge in [0.15, 0.2) is 0 Å². The largest absolute Gasteiger partial charge is 0.339 e. The van der Waals surface area contributed by atoms with E-state index in [2.05, 4.69) is 36.1 Å². The van der Waals surface area contributed by atoms with E-state index in [9.17, 15) is 0 Å². The molecule has 94 valence electrons. The van der Waals surface area contributed by atoms with Gasteiger partial charge in [0, 0.05) is 19.1 Å². The summed E-state index contributed by atoms with van der Waals surface area (Å²) in [5.74, 6) is 7.03. The van der Waals surface area contributed by atoms with Crippen LogP contribution in [0.15, 0.2) is 4.99 Å². The van der Waals surface area contributed by atoms with Gasteiger partial charge in [0.25, 0.3) is 0 Å². The Labute approximate surface area is 99.3 Å². The molecule has 16 heavy (non-hydrogen) atoms. The fourth-order valence-corrected chi connectivity index (χ4v) is 1.66. The van der Waals surface area contributed by atoms with Crippen molar-refractivity contribution in [2.24, 2.45) is 16.8 Å². The van der Waals surface area contributed by atoms with Crippen LogP contribution in [-0.2, 0) is 0 Å². The number of guanidine groups is 1. The highest BCUT2D eigenvalue weighted by Gasteiger charge is 2.30. The zero-order valence-corrected chi connectivity index (χ0v) is 10.9. The number of hydrazine groups is 1. The summed E-state index contributed by atoms with van der Waals surface area (Å²) < 4.78 is 0. The van der Waals surface area contributed by atoms with Crippen LogP contribution in [0.3, 0.4) is 0 Å². The third-order valence-corrected chi connectivity index (χ3v) is 2.75. The highest BCUT2D eigenvalue weighted by molar-refractivity contribution is 5.80. The second-order valence-electron chi connectivity index (χ2n) is 4.98. The minimum Gasteiger partial charge on any atom is -0.339 e. The zero-order chi connectivity index (χ0) is 12.0. The maximum atomic E-state index is 5.57. The summed E-state index contributed by atoms with van der Waals surface area (Å²) in [7, 11) is 0. The summed E-state index contributed by atoms with van der Waals surface area (Å²) in [6.45, 7) is 8.47. The van der Waals surface area contributed by atoms with Gasteiger partial charge in [0.1, 0.15) is 0 Å². The number of rotatable bonds is 6. The molecule has 1 saturated carbocycles. The first-order valence-corrected chi connectivity index (χ1v) is 6.46. The summed E-state index contributed by atoms with van der Waals surface area (Å²) in [6, 6.07) is 0.675. The van der Waals surface area contributed by atoms with Gasteiger partial charge in [-0.05, 0) is 25.2 Å². The molecule has 0 aromatic heterocycles. The molecule has 0 aliphatic heterocycles. The number of unbranched alkanes of at least 4 members (excludes halogenated alkanes) is 1. The quantitative estimate of drug-likeness (QED) is 0.314. The van der Waals surface area contributed by atoms with Gasteiger partial charge in [-0.2, -0.15) is 0 Å². The predicted octanol–water partition coefficient (Wildman–Crippen LogP) is 1.73. The highest BCUT2D eigenvalue weighted by Crippen LogP contribution is 2.27. The molecule has 0 radical (unpaired) electrons. The summed E-state index contributed by atoms with van der Waals surface area (Å²) in [4.78, 5) is 6.90. The Morgan fingerprint density at radius 2 is 2.19 bits per heavy atom. The van der Waals surface area contributed by atoms with Crippen LogP contribution >= 0.6 is 0 Å². The molecule has 3 N–H and O–H groups in total. The Kier molecular flexibility index (Phi) is 5.60. The number of nitrogens with one attached hydrogen (secondary N) is 1. The molecular weight excluding hydrogens is 200 g/mol. The topological polar surface area (TPSA) is 53.6 Å². The lowest BCUT2D eigenvalue weighted by Gasteiger charge is -2.25. The zero-order valence-electron chi connectivity index (χ0n) is 10.9. The highest BCUT2D eigenvalue weighted by atomic mass is 15.4. The summed E-state index contributed by atoms with van der Waals surface area (Å²) in [5.41, 5.74) is 2.76. The van der Waals surface area contributed by atoms with Crippen molar-refractivity contribution in [2.45, 2.75) is 52.5 Å². The second kappa shape index (κ2) is 6.74. The minimum atomic E-state index is 0.579. The first-order chi connectivity index (χ1) is 7.69. The lowest BCUT2D eigenvalue weighted by molar-refractivity contribution is 0.382. The van der Waals surface area contributed by atoms with E-state index in [1.165, 1.54) is 25.7 Å². The van der Waals surface area contributed by atoms with Crippen molar-refractivity contribution in [1.29, 1.82) is 0 Å². The molecular formula is C12H26N4. The molecule has 0 bridgehead atoms. The number of nitrogens with zero attached hydrogens (tertiary/aromatic N) is 2. The molecule has 0 saturated heterocycles. The molecule has 0 unspecified atom stereocenters. The van der Waals surface area contributed by atoms with Crippen LogP contribution in [0.4, 0.5) is 0 Å². The number of hydrogen-bond donors (Lipinski definition) is 2. The van der Waals surface area contributed by atoms with Gasteiger partial charge in [-0.3, -0.25) is 10.4 Å². The van der Waals surface area contributed by atoms with Gasteiger partial charge in [-0.1, -0.05) is 27.2 Å². The van der Waals surface area contributed by atoms with Crippen molar-refractivity contribution in [3.8, 4) is 0 Å². The Bertz CT molecular complexity index is 221. The lowest BCUT2D eigenvalue weighted by Crippen LogP contribution is -2.46. The molecule has 1 aliphatic rings. The van der Waals surface area contributed by atoms with Gasteiger partial charge in [-0.15, -0.1) is 0 Å². The molecule has 0 aromatic carbocycles. The first-order valence-electron chi connectivity index (χ1n) is 6.46. The third-order valence-electron chi connectivity index (χ3n) is 2.75. The van der Waals surface area contributed by atoms with Crippen molar-refractivity contribution in [3.63, 3.8) is 0 Å². The fourth-order valence-electron chi connectivity index (χ4n) is 1.66. The molecule has 0 amide bonds. The van der Waals surface area contributed by atoms with Crippen molar-refractivity contribution >= 4 is 5.96 Å². The molecule has 1 aliphatic carbocycles. The van der Waals surface area contributed by atoms with Crippen LogP contribution < -0.4 is 11.3 Å². The molecule has 0 aromatic rings. The predicted molar refractivity (Wildman–Crippen MR) is 69.1 cm³/mol. The summed E-state index contributed by atoms with van der Waals surface area (Å²) >= 11 is 0. The normalized spacial score (nSPS) is 16.7. The first kappa shape index (κ1) is 13.3. The van der Waals surface area contributed by atoms with Crippen LogP contribution in [0.1, 0.15) is 46.5 Å². The molecule has 1 rings (SSSR count). The van der Waals surface area contributed by atoms with Gasteiger partial charge < -0.3 is 4.90 Å². The Morgan fingerprint density at radius 3 is 2.62 bits per heavy atom. The van der Waals surface area contributed by atoms with Crippen molar-refractivity contribution in [3.05, 3.63) is 0 Å². The molecule has 0 spiro atoms. The molecule has 0 heterocycles. The Balaban J connectivity index is 2.54. The Hall–Kier alpha value is -0.770. The summed E-state index contributed by atoms with van der Waals surface area (Å²) in [6.07, 6.45) is 4.99. The van der Waals surface area contributed by atoms with E-state index in [-0.39, 0.29) is 0 Å². The van der Waals surface area contributed by atoms with Gasteiger partial charge >= 0.3 is 0 Å². The van der Waals surface area contributed by atoms with Crippen molar-refractivity contribution in [1.82, 2.24) is 10.3 Å². The standard InChI is InChI=1S/C12H26N4/c1-4-5-8-16(11-6-7-11)12(15-13)14-9-10(2)3/h10-11H,4-9,13H2,1-3H3,(H,14,15). The monoisotopic (exact) mass is 226 g/mol. The maximum Gasteiger partial charge on any atom is 0.208 e. The van der Waals surface area contributed by atoms with Crippen molar-refractivity contribution in [2.75, 3.05) is 13.1 Å². The van der Waals surface area contributed by atoms with Gasteiger partial charge in [0.05, 0.1) is 0 Å². The Morgan fingerprint density at radius 1 is 1.50 bits per heavy atom. The van der Waals surface area contributed by atoms with E-state index in [0.29, 0.717) is 12.0 Å². The van der Waals surface area contributed by atoms with Crippen molar-refractivity contribution < 1.29 is 0 Å². The van der Waals surface area contributed by atoms with E-state index in [1.807, 2.05) is 0 Å². The summed E-state index contributed by atoms with van der Waals surface area (Å²) in [5, 5.41) is 0. The fraction of sp³-hybridized carbons (Fsp3) is 0.917. The van der Waals surface area contributed by atoms with E-state index < -0.39 is 0 Å². The van der Waals surface area contributed by atoms with Gasteiger partial charge in [-0.25, -0.2) is 5.84 Å². The lowest BCUT2D eigenvalue weighted by atomic mass is 10.2. The SMILES string of the molecule is CCCCN(C(=NCC(C)C)NN)C1CC1. The molecule has 0 atom stereocenters. The van der Waals surface area contributed by atoms with Crippen LogP contribution in [0.2, 0.25) is 0 Å². The van der Waals surface area contributed by atoms with E-state index in [0.717, 1.165) is 19.0 Å². The smallest absolute Gasteiger partial charge is 0.208 e. The average Bonchev–Trinajstić information content (AvgIpc) is 3.06. The third kappa shape index (κ3) is 4.39. The maximum absolute atomic E-state index is 5.57. The second-order valence-corrected chi connectivity index (χ2v) is 4.98. The van der Waals surface area contributed by atoms with Crippen LogP contribution in [0.25, 0.3) is 0 Å². The van der Waals surface area contributed by atoms with Crippen LogP contribution in [0.5, 0.6) is 0 Å². The van der Waals surface area contributed by atoms with Crippen LogP contribution in [-0.4, -0.2) is 30.0 Å². The van der Waals surface area contributed by atoms with E-state index in [1.54, 1.807) is 0 Å². The molecule has 1 fully saturated rings. The number of aliphatic imine (C=N–C) groups is 1. The number of nitrogens with two attached hydrogens (primary N) is 1. The minimum absolute atomic E-state index is 0.579. The molecule has 4 nitrogen and oxygen atoms in total. The van der Waals surface area contributed by atoms with E-state index in [4.69, 9.17) is 5.84 Å².